The maximum Gasteiger partial charge on any atom is 0.264 e. The van der Waals surface area contributed by atoms with Gasteiger partial charge in [0.15, 0.2) is 0 Å². The van der Waals surface area contributed by atoms with Crippen LogP contribution in [-0.4, -0.2) is 10.2 Å². The van der Waals surface area contributed by atoms with E-state index in [9.17, 15) is 4.79 Å². The van der Waals surface area contributed by atoms with Crippen molar-refractivity contribution in [2.45, 2.75) is 12.8 Å². The summed E-state index contributed by atoms with van der Waals surface area (Å²) in [6.45, 7) is 0. The van der Waals surface area contributed by atoms with Crippen molar-refractivity contribution in [3.05, 3.63) is 45.9 Å². The lowest BCUT2D eigenvalue weighted by Gasteiger charge is -2.18. The Kier molecular flexibility index (Phi) is 1.83. The Morgan fingerprint density at radius 3 is 2.94 bits per heavy atom. The van der Waals surface area contributed by atoms with Crippen LogP contribution in [0, 0.1) is 0 Å². The number of rotatable bonds is 0. The van der Waals surface area contributed by atoms with Crippen LogP contribution in [0.4, 0.5) is 5.69 Å². The number of hydrogen-bond donors (Lipinski definition) is 2. The highest BCUT2D eigenvalue weighted by molar-refractivity contribution is 5.74. The second kappa shape index (κ2) is 3.20. The summed E-state index contributed by atoms with van der Waals surface area (Å²) in [5.74, 6) is 0. The number of aromatic nitrogens is 2. The molecule has 0 bridgehead atoms. The number of fused-ring (bicyclic) bond motifs is 3. The SMILES string of the molecule is Nc1ccc2c(c1)-c1cc(=O)[nH]nc1CC2. The molecule has 1 aliphatic rings. The zero-order chi connectivity index (χ0) is 11.1. The third-order valence-corrected chi connectivity index (χ3v) is 2.94. The van der Waals surface area contributed by atoms with Gasteiger partial charge in [-0.3, -0.25) is 4.79 Å². The van der Waals surface area contributed by atoms with E-state index in [0.717, 1.165) is 29.7 Å². The molecule has 0 unspecified atom stereocenters. The summed E-state index contributed by atoms with van der Waals surface area (Å²) in [5.41, 5.74) is 10.4. The predicted octanol–water partition coefficient (Wildman–Crippen LogP) is 1.12. The monoisotopic (exact) mass is 213 g/mol. The van der Waals surface area contributed by atoms with Gasteiger partial charge >= 0.3 is 0 Å². The number of aromatic amines is 1. The Hall–Kier alpha value is -2.10. The molecule has 0 saturated carbocycles. The molecule has 1 aromatic carbocycles. The zero-order valence-electron chi connectivity index (χ0n) is 8.66. The van der Waals surface area contributed by atoms with E-state index in [1.807, 2.05) is 18.2 Å². The molecule has 0 radical (unpaired) electrons. The van der Waals surface area contributed by atoms with Crippen LogP contribution in [0.1, 0.15) is 11.3 Å². The van der Waals surface area contributed by atoms with E-state index in [2.05, 4.69) is 10.2 Å². The highest BCUT2D eigenvalue weighted by atomic mass is 16.1. The quantitative estimate of drug-likeness (QED) is 0.644. The Balaban J connectivity index is 2.32. The topological polar surface area (TPSA) is 71.8 Å². The van der Waals surface area contributed by atoms with Crippen LogP contribution in [0.15, 0.2) is 29.1 Å². The fraction of sp³-hybridized carbons (Fsp3) is 0.167. The van der Waals surface area contributed by atoms with E-state index in [1.165, 1.54) is 5.56 Å². The lowest BCUT2D eigenvalue weighted by atomic mass is 9.89. The Morgan fingerprint density at radius 2 is 2.06 bits per heavy atom. The normalized spacial score (nSPS) is 13.0. The van der Waals surface area contributed by atoms with Crippen LogP contribution in [0.5, 0.6) is 0 Å². The lowest BCUT2D eigenvalue weighted by Crippen LogP contribution is -2.14. The van der Waals surface area contributed by atoms with Gasteiger partial charge in [0.25, 0.3) is 5.56 Å². The van der Waals surface area contributed by atoms with Gasteiger partial charge in [0.1, 0.15) is 0 Å². The van der Waals surface area contributed by atoms with Crippen LogP contribution in [0.2, 0.25) is 0 Å². The first-order valence-electron chi connectivity index (χ1n) is 5.21. The van der Waals surface area contributed by atoms with Gasteiger partial charge in [-0.05, 0) is 36.1 Å². The first-order chi connectivity index (χ1) is 7.74. The smallest absolute Gasteiger partial charge is 0.264 e. The number of anilines is 1. The number of H-pyrrole nitrogens is 1. The molecule has 0 spiro atoms. The maximum absolute atomic E-state index is 11.3. The molecule has 0 saturated heterocycles. The Bertz CT molecular complexity index is 616. The Morgan fingerprint density at radius 1 is 1.19 bits per heavy atom. The van der Waals surface area contributed by atoms with Crippen molar-refractivity contribution in [2.75, 3.05) is 5.73 Å². The molecule has 0 aliphatic heterocycles. The maximum atomic E-state index is 11.3. The number of benzene rings is 1. The third kappa shape index (κ3) is 1.31. The van der Waals surface area contributed by atoms with Gasteiger partial charge in [0.2, 0.25) is 0 Å². The minimum absolute atomic E-state index is 0.172. The summed E-state index contributed by atoms with van der Waals surface area (Å²) in [4.78, 5) is 11.3. The number of nitrogens with zero attached hydrogens (tertiary/aromatic N) is 1. The third-order valence-electron chi connectivity index (χ3n) is 2.94. The first kappa shape index (κ1) is 9.15. The largest absolute Gasteiger partial charge is 0.399 e. The Labute approximate surface area is 92.1 Å². The molecule has 4 heteroatoms. The van der Waals surface area contributed by atoms with Crippen molar-refractivity contribution in [2.24, 2.45) is 0 Å². The predicted molar refractivity (Wildman–Crippen MR) is 62.1 cm³/mol. The van der Waals surface area contributed by atoms with E-state index in [-0.39, 0.29) is 5.56 Å². The number of nitrogens with two attached hydrogens (primary N) is 1. The van der Waals surface area contributed by atoms with Gasteiger partial charge in [-0.2, -0.15) is 5.10 Å². The van der Waals surface area contributed by atoms with Crippen LogP contribution in [0.25, 0.3) is 11.1 Å². The van der Waals surface area contributed by atoms with Gasteiger partial charge in [-0.1, -0.05) is 6.07 Å². The van der Waals surface area contributed by atoms with E-state index in [0.29, 0.717) is 5.69 Å². The summed E-state index contributed by atoms with van der Waals surface area (Å²) in [6, 6.07) is 7.42. The van der Waals surface area contributed by atoms with E-state index in [4.69, 9.17) is 5.73 Å². The first-order valence-corrected chi connectivity index (χ1v) is 5.21. The van der Waals surface area contributed by atoms with Crippen LogP contribution >= 0.6 is 0 Å². The van der Waals surface area contributed by atoms with E-state index < -0.39 is 0 Å². The number of nitrogen functional groups attached to an aromatic ring is 1. The molecule has 1 heterocycles. The molecule has 3 N–H and O–H groups in total. The average Bonchev–Trinajstić information content (AvgIpc) is 2.29. The summed E-state index contributed by atoms with van der Waals surface area (Å²) in [6.07, 6.45) is 1.81. The molecule has 0 amide bonds. The standard InChI is InChI=1S/C12H11N3O/c13-8-3-1-7-2-4-11-10(9(7)5-8)6-12(16)15-14-11/h1,3,5-6H,2,4,13H2,(H,15,16). The summed E-state index contributed by atoms with van der Waals surface area (Å²) in [5, 5.41) is 6.54. The molecular weight excluding hydrogens is 202 g/mol. The van der Waals surface area contributed by atoms with Gasteiger partial charge in [0, 0.05) is 17.3 Å². The molecule has 1 aromatic heterocycles. The number of aryl methyl sites for hydroxylation is 2. The van der Waals surface area contributed by atoms with Crippen molar-refractivity contribution in [1.82, 2.24) is 10.2 Å². The zero-order valence-corrected chi connectivity index (χ0v) is 8.66. The van der Waals surface area contributed by atoms with Crippen molar-refractivity contribution in [1.29, 1.82) is 0 Å². The van der Waals surface area contributed by atoms with Crippen molar-refractivity contribution in [3.8, 4) is 11.1 Å². The second-order valence-corrected chi connectivity index (χ2v) is 4.01. The minimum Gasteiger partial charge on any atom is -0.399 e. The second-order valence-electron chi connectivity index (χ2n) is 4.01. The molecular formula is C12H11N3O. The molecule has 3 rings (SSSR count). The van der Waals surface area contributed by atoms with Crippen molar-refractivity contribution in [3.63, 3.8) is 0 Å². The van der Waals surface area contributed by atoms with E-state index in [1.54, 1.807) is 6.07 Å². The number of hydrogen-bond acceptors (Lipinski definition) is 3. The highest BCUT2D eigenvalue weighted by Gasteiger charge is 2.17. The highest BCUT2D eigenvalue weighted by Crippen LogP contribution is 2.32. The summed E-state index contributed by atoms with van der Waals surface area (Å²) >= 11 is 0. The fourth-order valence-electron chi connectivity index (χ4n) is 2.17. The van der Waals surface area contributed by atoms with Crippen LogP contribution < -0.4 is 11.3 Å². The molecule has 2 aromatic rings. The van der Waals surface area contributed by atoms with Gasteiger partial charge in [-0.25, -0.2) is 5.10 Å². The molecule has 16 heavy (non-hydrogen) atoms. The molecule has 0 atom stereocenters. The summed E-state index contributed by atoms with van der Waals surface area (Å²) in [7, 11) is 0. The minimum atomic E-state index is -0.172. The lowest BCUT2D eigenvalue weighted by molar-refractivity contribution is 0.833. The molecule has 4 nitrogen and oxygen atoms in total. The van der Waals surface area contributed by atoms with Gasteiger partial charge < -0.3 is 5.73 Å². The van der Waals surface area contributed by atoms with Gasteiger partial charge in [-0.15, -0.1) is 0 Å². The van der Waals surface area contributed by atoms with Crippen LogP contribution in [-0.2, 0) is 12.8 Å². The van der Waals surface area contributed by atoms with Gasteiger partial charge in [0.05, 0.1) is 5.69 Å². The molecule has 80 valence electrons. The van der Waals surface area contributed by atoms with E-state index >= 15 is 0 Å². The van der Waals surface area contributed by atoms with Crippen molar-refractivity contribution < 1.29 is 0 Å². The number of nitrogens with one attached hydrogen (secondary N) is 1. The fourth-order valence-corrected chi connectivity index (χ4v) is 2.17. The molecule has 1 aliphatic carbocycles. The summed E-state index contributed by atoms with van der Waals surface area (Å²) < 4.78 is 0. The molecule has 0 fully saturated rings. The van der Waals surface area contributed by atoms with Crippen molar-refractivity contribution >= 4 is 5.69 Å². The van der Waals surface area contributed by atoms with Crippen LogP contribution in [0.3, 0.4) is 0 Å². The average molecular weight is 213 g/mol.